The van der Waals surface area contributed by atoms with E-state index in [9.17, 15) is 4.79 Å². The molecule has 0 aromatic heterocycles. The van der Waals surface area contributed by atoms with E-state index >= 15 is 0 Å². The molecule has 1 amide bonds. The smallest absolute Gasteiger partial charge is 0.252 e. The van der Waals surface area contributed by atoms with Crippen molar-refractivity contribution in [1.29, 1.82) is 5.26 Å². The van der Waals surface area contributed by atoms with Crippen LogP contribution in [0.2, 0.25) is 0 Å². The fourth-order valence-electron chi connectivity index (χ4n) is 1.55. The molecule has 1 unspecified atom stereocenters. The highest BCUT2D eigenvalue weighted by atomic mass is 16.5. The van der Waals surface area contributed by atoms with E-state index in [0.717, 1.165) is 11.3 Å². The minimum atomic E-state index is -0.579. The maximum atomic E-state index is 11.8. The van der Waals surface area contributed by atoms with Gasteiger partial charge in [0.05, 0.1) is 19.8 Å². The third-order valence-electron chi connectivity index (χ3n) is 2.67. The van der Waals surface area contributed by atoms with E-state index in [1.807, 2.05) is 30.3 Å². The van der Waals surface area contributed by atoms with Gasteiger partial charge in [-0.05, 0) is 24.6 Å². The molecule has 0 spiro atoms. The van der Waals surface area contributed by atoms with Gasteiger partial charge in [-0.25, -0.2) is 0 Å². The SMILES string of the molecule is COc1cccc(COC(C)C(=O)N(C)CC#N)c1. The van der Waals surface area contributed by atoms with Gasteiger partial charge in [0, 0.05) is 7.05 Å². The summed E-state index contributed by atoms with van der Waals surface area (Å²) in [6, 6.07) is 9.40. The molecule has 1 atom stereocenters. The highest BCUT2D eigenvalue weighted by molar-refractivity contribution is 5.80. The fourth-order valence-corrected chi connectivity index (χ4v) is 1.55. The molecule has 0 aliphatic carbocycles. The molecule has 0 aliphatic rings. The predicted octanol–water partition coefficient (Wildman–Crippen LogP) is 1.58. The Morgan fingerprint density at radius 2 is 2.26 bits per heavy atom. The number of rotatable bonds is 6. The normalized spacial score (nSPS) is 11.5. The summed E-state index contributed by atoms with van der Waals surface area (Å²) in [5, 5.41) is 8.53. The molecule has 1 aromatic rings. The van der Waals surface area contributed by atoms with Crippen LogP contribution in [0.5, 0.6) is 5.75 Å². The molecule has 102 valence electrons. The van der Waals surface area contributed by atoms with Crippen LogP contribution in [0, 0.1) is 11.3 Å². The van der Waals surface area contributed by atoms with Gasteiger partial charge in [-0.3, -0.25) is 4.79 Å². The van der Waals surface area contributed by atoms with Crippen LogP contribution in [0.25, 0.3) is 0 Å². The van der Waals surface area contributed by atoms with Crippen molar-refractivity contribution >= 4 is 5.91 Å². The summed E-state index contributed by atoms with van der Waals surface area (Å²) in [7, 11) is 3.18. The molecule has 5 heteroatoms. The lowest BCUT2D eigenvalue weighted by molar-refractivity contribution is -0.141. The van der Waals surface area contributed by atoms with Crippen LogP contribution in [-0.4, -0.2) is 37.6 Å². The van der Waals surface area contributed by atoms with Crippen LogP contribution >= 0.6 is 0 Å². The van der Waals surface area contributed by atoms with Gasteiger partial charge in [-0.2, -0.15) is 5.26 Å². The van der Waals surface area contributed by atoms with Crippen molar-refractivity contribution in [2.45, 2.75) is 19.6 Å². The average molecular weight is 262 g/mol. The zero-order valence-electron chi connectivity index (χ0n) is 11.4. The third-order valence-corrected chi connectivity index (χ3v) is 2.67. The Hall–Kier alpha value is -2.06. The van der Waals surface area contributed by atoms with Crippen molar-refractivity contribution in [3.63, 3.8) is 0 Å². The maximum absolute atomic E-state index is 11.8. The predicted molar refractivity (Wildman–Crippen MR) is 70.5 cm³/mol. The second kappa shape index (κ2) is 7.39. The van der Waals surface area contributed by atoms with E-state index in [1.54, 1.807) is 21.1 Å². The van der Waals surface area contributed by atoms with Gasteiger partial charge in [-0.1, -0.05) is 12.1 Å². The molecule has 0 saturated heterocycles. The summed E-state index contributed by atoms with van der Waals surface area (Å²) in [5.41, 5.74) is 0.932. The molecule has 0 fully saturated rings. The zero-order chi connectivity index (χ0) is 14.3. The quantitative estimate of drug-likeness (QED) is 0.730. The molecule has 0 aliphatic heterocycles. The molecule has 5 nitrogen and oxygen atoms in total. The zero-order valence-corrected chi connectivity index (χ0v) is 11.4. The Morgan fingerprint density at radius 3 is 2.89 bits per heavy atom. The topological polar surface area (TPSA) is 62.6 Å². The molecule has 1 rings (SSSR count). The number of methoxy groups -OCH3 is 1. The monoisotopic (exact) mass is 262 g/mol. The summed E-state index contributed by atoms with van der Waals surface area (Å²) in [5.74, 6) is 0.547. The third kappa shape index (κ3) is 4.60. The maximum Gasteiger partial charge on any atom is 0.252 e. The van der Waals surface area contributed by atoms with E-state index in [0.29, 0.717) is 6.61 Å². The van der Waals surface area contributed by atoms with Gasteiger partial charge in [0.2, 0.25) is 0 Å². The number of amides is 1. The summed E-state index contributed by atoms with van der Waals surface area (Å²) >= 11 is 0. The van der Waals surface area contributed by atoms with Gasteiger partial charge < -0.3 is 14.4 Å². The van der Waals surface area contributed by atoms with Crippen molar-refractivity contribution in [1.82, 2.24) is 4.90 Å². The first kappa shape index (κ1) is 15.0. The largest absolute Gasteiger partial charge is 0.497 e. The van der Waals surface area contributed by atoms with E-state index in [-0.39, 0.29) is 12.5 Å². The number of carbonyl (C=O) groups excluding carboxylic acids is 1. The van der Waals surface area contributed by atoms with Crippen LogP contribution < -0.4 is 4.74 Å². The molecule has 0 bridgehead atoms. The van der Waals surface area contributed by atoms with Crippen LogP contribution in [0.4, 0.5) is 0 Å². The number of nitriles is 1. The molecule has 0 N–H and O–H groups in total. The van der Waals surface area contributed by atoms with Gasteiger partial charge in [-0.15, -0.1) is 0 Å². The van der Waals surface area contributed by atoms with Crippen LogP contribution in [0.15, 0.2) is 24.3 Å². The Balaban J connectivity index is 2.51. The number of nitrogens with zero attached hydrogens (tertiary/aromatic N) is 2. The van der Waals surface area contributed by atoms with Crippen LogP contribution in [-0.2, 0) is 16.1 Å². The van der Waals surface area contributed by atoms with Crippen molar-refractivity contribution in [2.24, 2.45) is 0 Å². The Morgan fingerprint density at radius 1 is 1.53 bits per heavy atom. The number of ether oxygens (including phenoxy) is 2. The van der Waals surface area contributed by atoms with Gasteiger partial charge >= 0.3 is 0 Å². The van der Waals surface area contributed by atoms with E-state index < -0.39 is 6.10 Å². The van der Waals surface area contributed by atoms with Crippen molar-refractivity contribution in [3.05, 3.63) is 29.8 Å². The minimum Gasteiger partial charge on any atom is -0.497 e. The average Bonchev–Trinajstić information content (AvgIpc) is 2.44. The number of hydrogen-bond donors (Lipinski definition) is 0. The van der Waals surface area contributed by atoms with Gasteiger partial charge in [0.25, 0.3) is 5.91 Å². The first-order valence-electron chi connectivity index (χ1n) is 5.95. The second-order valence-corrected chi connectivity index (χ2v) is 4.16. The molecular formula is C14H18N2O3. The van der Waals surface area contributed by atoms with Gasteiger partial charge in [0.1, 0.15) is 18.4 Å². The molecular weight excluding hydrogens is 244 g/mol. The lowest BCUT2D eigenvalue weighted by Crippen LogP contribution is -2.36. The first-order chi connectivity index (χ1) is 9.08. The van der Waals surface area contributed by atoms with Crippen LogP contribution in [0.3, 0.4) is 0 Å². The number of likely N-dealkylation sites (N-methyl/N-ethyl adjacent to an activating group) is 1. The summed E-state index contributed by atoms with van der Waals surface area (Å²) in [6.07, 6.45) is -0.579. The summed E-state index contributed by atoms with van der Waals surface area (Å²) < 4.78 is 10.6. The van der Waals surface area contributed by atoms with Crippen molar-refractivity contribution in [2.75, 3.05) is 20.7 Å². The lowest BCUT2D eigenvalue weighted by Gasteiger charge is -2.19. The Labute approximate surface area is 113 Å². The summed E-state index contributed by atoms with van der Waals surface area (Å²) in [6.45, 7) is 2.06. The summed E-state index contributed by atoms with van der Waals surface area (Å²) in [4.78, 5) is 13.1. The van der Waals surface area contributed by atoms with Crippen molar-refractivity contribution in [3.8, 4) is 11.8 Å². The first-order valence-corrected chi connectivity index (χ1v) is 5.95. The van der Waals surface area contributed by atoms with E-state index in [1.165, 1.54) is 4.90 Å². The minimum absolute atomic E-state index is 0.0612. The standard InChI is InChI=1S/C14H18N2O3/c1-11(14(17)16(2)8-7-15)19-10-12-5-4-6-13(9-12)18-3/h4-6,9,11H,8,10H2,1-3H3. The van der Waals surface area contributed by atoms with E-state index in [2.05, 4.69) is 0 Å². The fraction of sp³-hybridized carbons (Fsp3) is 0.429. The molecule has 1 aromatic carbocycles. The Kier molecular flexibility index (Phi) is 5.83. The van der Waals surface area contributed by atoms with Gasteiger partial charge in [0.15, 0.2) is 0 Å². The highest BCUT2D eigenvalue weighted by Gasteiger charge is 2.17. The van der Waals surface area contributed by atoms with Crippen molar-refractivity contribution < 1.29 is 14.3 Å². The number of carbonyl (C=O) groups is 1. The molecule has 19 heavy (non-hydrogen) atoms. The lowest BCUT2D eigenvalue weighted by atomic mass is 10.2. The Bertz CT molecular complexity index is 468. The molecule has 0 saturated carbocycles. The number of hydrogen-bond acceptors (Lipinski definition) is 4. The molecule has 0 radical (unpaired) electrons. The second-order valence-electron chi connectivity index (χ2n) is 4.16. The highest BCUT2D eigenvalue weighted by Crippen LogP contribution is 2.14. The van der Waals surface area contributed by atoms with E-state index in [4.69, 9.17) is 14.7 Å². The molecule has 0 heterocycles. The van der Waals surface area contributed by atoms with Crippen LogP contribution in [0.1, 0.15) is 12.5 Å². The number of benzene rings is 1.